The highest BCUT2D eigenvalue weighted by molar-refractivity contribution is 5.76. The largest absolute Gasteiger partial charge is 0.461 e. The zero-order valence-electron chi connectivity index (χ0n) is 15.9. The molecule has 0 aromatic heterocycles. The predicted octanol–water partition coefficient (Wildman–Crippen LogP) is 3.50. The average molecular weight is 362 g/mol. The number of carbonyl (C=O) groups is 1. The molecule has 1 aromatic rings. The first-order chi connectivity index (χ1) is 12.6. The van der Waals surface area contributed by atoms with E-state index in [1.54, 1.807) is 0 Å². The normalized spacial score (nSPS) is 30.1. The van der Waals surface area contributed by atoms with Crippen molar-refractivity contribution in [3.8, 4) is 0 Å². The van der Waals surface area contributed by atoms with Gasteiger partial charge in [0.05, 0.1) is 24.9 Å². The molecule has 2 aliphatic rings. The fourth-order valence-electron chi connectivity index (χ4n) is 3.54. The molecular weight excluding hydrogens is 332 g/mol. The topological polar surface area (TPSA) is 57.3 Å². The molecule has 1 aromatic carbocycles. The van der Waals surface area contributed by atoms with E-state index < -0.39 is 6.10 Å². The van der Waals surface area contributed by atoms with Gasteiger partial charge in [-0.05, 0) is 38.7 Å². The molecule has 5 nitrogen and oxygen atoms in total. The number of benzene rings is 1. The molecule has 5 atom stereocenters. The Morgan fingerprint density at radius 2 is 1.88 bits per heavy atom. The van der Waals surface area contributed by atoms with Gasteiger partial charge in [-0.2, -0.15) is 0 Å². The van der Waals surface area contributed by atoms with Gasteiger partial charge < -0.3 is 18.9 Å². The first-order valence-electron chi connectivity index (χ1n) is 9.69. The van der Waals surface area contributed by atoms with Crippen LogP contribution in [0.1, 0.15) is 45.6 Å². The quantitative estimate of drug-likeness (QED) is 0.382. The second-order valence-corrected chi connectivity index (χ2v) is 7.54. The Morgan fingerprint density at radius 1 is 1.12 bits per heavy atom. The van der Waals surface area contributed by atoms with Crippen LogP contribution < -0.4 is 0 Å². The SMILES string of the molecule is CC(C)OC(=O)C1OC(CCCCOCc2ccccc2)C(C)C2OC12. The third kappa shape index (κ3) is 5.06. The highest BCUT2D eigenvalue weighted by atomic mass is 16.7. The van der Waals surface area contributed by atoms with E-state index in [-0.39, 0.29) is 30.4 Å². The van der Waals surface area contributed by atoms with Crippen molar-refractivity contribution in [1.82, 2.24) is 0 Å². The summed E-state index contributed by atoms with van der Waals surface area (Å²) in [4.78, 5) is 12.2. The maximum absolute atomic E-state index is 12.2. The van der Waals surface area contributed by atoms with Crippen LogP contribution in [0.25, 0.3) is 0 Å². The van der Waals surface area contributed by atoms with Crippen LogP contribution in [0.3, 0.4) is 0 Å². The van der Waals surface area contributed by atoms with E-state index in [1.165, 1.54) is 5.56 Å². The zero-order chi connectivity index (χ0) is 18.5. The van der Waals surface area contributed by atoms with Crippen LogP contribution in [0, 0.1) is 5.92 Å². The molecule has 2 heterocycles. The van der Waals surface area contributed by atoms with Gasteiger partial charge in [-0.1, -0.05) is 37.3 Å². The van der Waals surface area contributed by atoms with E-state index >= 15 is 0 Å². The van der Waals surface area contributed by atoms with Crippen molar-refractivity contribution in [3.05, 3.63) is 35.9 Å². The van der Waals surface area contributed by atoms with Gasteiger partial charge >= 0.3 is 5.97 Å². The molecule has 2 saturated heterocycles. The van der Waals surface area contributed by atoms with E-state index in [1.807, 2.05) is 32.0 Å². The van der Waals surface area contributed by atoms with Gasteiger partial charge in [0.1, 0.15) is 6.10 Å². The number of unbranched alkanes of at least 4 members (excludes halogenated alkanes) is 1. The summed E-state index contributed by atoms with van der Waals surface area (Å²) in [6.07, 6.45) is 2.24. The Morgan fingerprint density at radius 3 is 2.62 bits per heavy atom. The van der Waals surface area contributed by atoms with Crippen molar-refractivity contribution in [2.45, 2.75) is 77.2 Å². The summed E-state index contributed by atoms with van der Waals surface area (Å²) >= 11 is 0. The van der Waals surface area contributed by atoms with E-state index in [0.29, 0.717) is 12.5 Å². The summed E-state index contributed by atoms with van der Waals surface area (Å²) in [5, 5.41) is 0. The fourth-order valence-corrected chi connectivity index (χ4v) is 3.54. The fraction of sp³-hybridized carbons (Fsp3) is 0.667. The number of epoxide rings is 1. The third-order valence-electron chi connectivity index (χ3n) is 5.01. The lowest BCUT2D eigenvalue weighted by atomic mass is 9.90. The van der Waals surface area contributed by atoms with Crippen LogP contribution in [0.2, 0.25) is 0 Å². The number of ether oxygens (including phenoxy) is 4. The van der Waals surface area contributed by atoms with Crippen LogP contribution in [-0.4, -0.2) is 43.1 Å². The maximum Gasteiger partial charge on any atom is 0.338 e. The second-order valence-electron chi connectivity index (χ2n) is 7.54. The Kier molecular flexibility index (Phi) is 6.68. The molecule has 0 saturated carbocycles. The minimum absolute atomic E-state index is 0.0394. The molecule has 0 bridgehead atoms. The first kappa shape index (κ1) is 19.3. The summed E-state index contributed by atoms with van der Waals surface area (Å²) in [5.41, 5.74) is 1.19. The van der Waals surface area contributed by atoms with Gasteiger partial charge in [-0.3, -0.25) is 0 Å². The number of carbonyl (C=O) groups excluding carboxylic acids is 1. The molecule has 26 heavy (non-hydrogen) atoms. The molecule has 5 unspecified atom stereocenters. The highest BCUT2D eigenvalue weighted by Gasteiger charge is 2.58. The first-order valence-corrected chi connectivity index (χ1v) is 9.69. The molecule has 0 amide bonds. The van der Waals surface area contributed by atoms with Crippen molar-refractivity contribution in [2.75, 3.05) is 6.61 Å². The lowest BCUT2D eigenvalue weighted by Gasteiger charge is -2.31. The Hall–Kier alpha value is -1.43. The number of fused-ring (bicyclic) bond motifs is 1. The average Bonchev–Trinajstić information content (AvgIpc) is 3.41. The summed E-state index contributed by atoms with van der Waals surface area (Å²) in [6, 6.07) is 10.2. The molecule has 0 N–H and O–H groups in total. The lowest BCUT2D eigenvalue weighted by molar-refractivity contribution is -0.171. The molecule has 2 fully saturated rings. The van der Waals surface area contributed by atoms with Gasteiger partial charge in [0.25, 0.3) is 0 Å². The zero-order valence-corrected chi connectivity index (χ0v) is 15.9. The van der Waals surface area contributed by atoms with Crippen molar-refractivity contribution >= 4 is 5.97 Å². The number of hydrogen-bond acceptors (Lipinski definition) is 5. The highest BCUT2D eigenvalue weighted by Crippen LogP contribution is 2.42. The molecule has 2 aliphatic heterocycles. The van der Waals surface area contributed by atoms with Crippen molar-refractivity contribution in [1.29, 1.82) is 0 Å². The minimum atomic E-state index is -0.571. The number of rotatable bonds is 9. The lowest BCUT2D eigenvalue weighted by Crippen LogP contribution is -2.45. The van der Waals surface area contributed by atoms with E-state index in [4.69, 9.17) is 18.9 Å². The molecule has 0 radical (unpaired) electrons. The van der Waals surface area contributed by atoms with E-state index in [0.717, 1.165) is 25.9 Å². The van der Waals surface area contributed by atoms with Crippen molar-refractivity contribution in [3.63, 3.8) is 0 Å². The van der Waals surface area contributed by atoms with Gasteiger partial charge in [0.15, 0.2) is 6.10 Å². The molecular formula is C21H30O5. The molecule has 0 spiro atoms. The Bertz CT molecular complexity index is 573. The maximum atomic E-state index is 12.2. The predicted molar refractivity (Wildman–Crippen MR) is 97.7 cm³/mol. The Labute approximate surface area is 156 Å². The van der Waals surface area contributed by atoms with Crippen LogP contribution in [0.15, 0.2) is 30.3 Å². The second kappa shape index (κ2) is 8.98. The van der Waals surface area contributed by atoms with E-state index in [9.17, 15) is 4.79 Å². The van der Waals surface area contributed by atoms with Gasteiger partial charge in [-0.15, -0.1) is 0 Å². The minimum Gasteiger partial charge on any atom is -0.461 e. The molecule has 5 heteroatoms. The van der Waals surface area contributed by atoms with E-state index in [2.05, 4.69) is 19.1 Å². The number of esters is 1. The molecule has 144 valence electrons. The summed E-state index contributed by atoms with van der Waals surface area (Å²) in [6.45, 7) is 7.23. The smallest absolute Gasteiger partial charge is 0.338 e. The summed E-state index contributed by atoms with van der Waals surface area (Å²) < 4.78 is 22.8. The standard InChI is InChI=1S/C21H30O5/c1-14(2)24-21(22)20-19-18(26-19)15(3)17(25-20)11-7-8-12-23-13-16-9-5-4-6-10-16/h4-6,9-10,14-15,17-20H,7-8,11-13H2,1-3H3. The van der Waals surface area contributed by atoms with Crippen molar-refractivity contribution in [2.24, 2.45) is 5.92 Å². The monoisotopic (exact) mass is 362 g/mol. The summed E-state index contributed by atoms with van der Waals surface area (Å²) in [5.74, 6) is 0.0175. The van der Waals surface area contributed by atoms with Crippen LogP contribution in [0.5, 0.6) is 0 Å². The van der Waals surface area contributed by atoms with Gasteiger partial charge in [0, 0.05) is 12.5 Å². The van der Waals surface area contributed by atoms with Crippen LogP contribution >= 0.6 is 0 Å². The van der Waals surface area contributed by atoms with Gasteiger partial charge in [0.2, 0.25) is 0 Å². The van der Waals surface area contributed by atoms with Gasteiger partial charge in [-0.25, -0.2) is 4.79 Å². The molecule has 3 rings (SSSR count). The Balaban J connectivity index is 1.36. The van der Waals surface area contributed by atoms with Crippen LogP contribution in [0.4, 0.5) is 0 Å². The summed E-state index contributed by atoms with van der Waals surface area (Å²) in [7, 11) is 0. The van der Waals surface area contributed by atoms with Crippen LogP contribution in [-0.2, 0) is 30.3 Å². The van der Waals surface area contributed by atoms with Crippen molar-refractivity contribution < 1.29 is 23.7 Å². The molecule has 0 aliphatic carbocycles. The third-order valence-corrected chi connectivity index (χ3v) is 5.01. The number of hydrogen-bond donors (Lipinski definition) is 0.